The van der Waals surface area contributed by atoms with E-state index in [1.54, 1.807) is 35.0 Å². The van der Waals surface area contributed by atoms with Crippen LogP contribution in [0.3, 0.4) is 0 Å². The number of hydrogen-bond acceptors (Lipinski definition) is 5. The number of halogens is 1. The minimum absolute atomic E-state index is 0.193. The zero-order valence-corrected chi connectivity index (χ0v) is 12.1. The van der Waals surface area contributed by atoms with Gasteiger partial charge in [-0.25, -0.2) is 9.07 Å². The fourth-order valence-electron chi connectivity index (χ4n) is 3.03. The minimum atomic E-state index is -0.341. The lowest BCUT2D eigenvalue weighted by molar-refractivity contribution is 0.398. The quantitative estimate of drug-likeness (QED) is 0.761. The van der Waals surface area contributed by atoms with Crippen LogP contribution in [0.2, 0.25) is 0 Å². The molecule has 2 atom stereocenters. The van der Waals surface area contributed by atoms with Gasteiger partial charge >= 0.3 is 0 Å². The first-order chi connectivity index (χ1) is 11.2. The highest BCUT2D eigenvalue weighted by molar-refractivity contribution is 5.42. The summed E-state index contributed by atoms with van der Waals surface area (Å²) in [6, 6.07) is 13.1. The molecule has 2 heterocycles. The number of rotatable bonds is 2. The zero-order chi connectivity index (χ0) is 15.8. The van der Waals surface area contributed by atoms with Crippen molar-refractivity contribution in [1.82, 2.24) is 20.2 Å². The van der Waals surface area contributed by atoms with E-state index in [9.17, 15) is 9.50 Å². The van der Waals surface area contributed by atoms with E-state index in [0.29, 0.717) is 17.9 Å². The van der Waals surface area contributed by atoms with Crippen molar-refractivity contribution in [3.63, 3.8) is 0 Å². The van der Waals surface area contributed by atoms with E-state index in [0.717, 1.165) is 5.56 Å². The molecule has 2 unspecified atom stereocenters. The van der Waals surface area contributed by atoms with Crippen molar-refractivity contribution >= 4 is 5.95 Å². The molecule has 0 fully saturated rings. The van der Waals surface area contributed by atoms with Crippen LogP contribution in [0.1, 0.15) is 29.6 Å². The molecule has 0 amide bonds. The summed E-state index contributed by atoms with van der Waals surface area (Å²) in [5.74, 6) is 0.354. The number of phenols is 1. The van der Waals surface area contributed by atoms with Crippen molar-refractivity contribution in [2.45, 2.75) is 18.5 Å². The van der Waals surface area contributed by atoms with Gasteiger partial charge in [0.1, 0.15) is 11.6 Å². The summed E-state index contributed by atoms with van der Waals surface area (Å²) in [6.07, 6.45) is 0.524. The number of tetrazole rings is 1. The number of anilines is 1. The van der Waals surface area contributed by atoms with Crippen molar-refractivity contribution in [2.75, 3.05) is 5.32 Å². The van der Waals surface area contributed by atoms with Crippen molar-refractivity contribution in [3.8, 4) is 5.75 Å². The maximum absolute atomic E-state index is 14.2. The van der Waals surface area contributed by atoms with Crippen molar-refractivity contribution in [1.29, 1.82) is 0 Å². The third-order valence-corrected chi connectivity index (χ3v) is 4.13. The van der Waals surface area contributed by atoms with Gasteiger partial charge in [0, 0.05) is 11.1 Å². The number of nitrogens with zero attached hydrogens (tertiary/aromatic N) is 4. The van der Waals surface area contributed by atoms with Gasteiger partial charge in [0.2, 0.25) is 5.95 Å². The van der Waals surface area contributed by atoms with Crippen LogP contribution in [0.15, 0.2) is 48.5 Å². The largest absolute Gasteiger partial charge is 0.508 e. The number of aromatic hydroxyl groups is 1. The van der Waals surface area contributed by atoms with Crippen LogP contribution in [-0.4, -0.2) is 25.3 Å². The topological polar surface area (TPSA) is 75.9 Å². The Morgan fingerprint density at radius 1 is 1.09 bits per heavy atom. The number of nitrogens with one attached hydrogen (secondary N) is 1. The highest BCUT2D eigenvalue weighted by Gasteiger charge is 2.32. The number of benzene rings is 2. The molecular weight excluding hydrogens is 297 g/mol. The number of para-hydroxylation sites is 1. The van der Waals surface area contributed by atoms with Gasteiger partial charge in [0.15, 0.2) is 0 Å². The normalized spacial score (nSPS) is 19.9. The van der Waals surface area contributed by atoms with Crippen LogP contribution in [0, 0.1) is 5.82 Å². The third-order valence-electron chi connectivity index (χ3n) is 4.13. The third kappa shape index (κ3) is 2.30. The molecule has 3 aromatic rings. The smallest absolute Gasteiger partial charge is 0.244 e. The summed E-state index contributed by atoms with van der Waals surface area (Å²) in [4.78, 5) is 0. The second kappa shape index (κ2) is 5.35. The van der Waals surface area contributed by atoms with E-state index < -0.39 is 0 Å². The standard InChI is InChI=1S/C16H14FN5O/c17-12-7-3-1-5-10(12)14-9-13(11-6-2-4-8-15(11)23)18-16-19-20-21-22(14)16/h1-8,13-14,23H,9H2,(H,18,19,21). The molecule has 23 heavy (non-hydrogen) atoms. The van der Waals surface area contributed by atoms with Gasteiger partial charge in [-0.1, -0.05) is 41.5 Å². The average Bonchev–Trinajstić information content (AvgIpc) is 3.03. The molecule has 4 rings (SSSR count). The summed E-state index contributed by atoms with van der Waals surface area (Å²) >= 11 is 0. The Labute approximate surface area is 131 Å². The summed E-state index contributed by atoms with van der Waals surface area (Å²) < 4.78 is 15.8. The van der Waals surface area contributed by atoms with Gasteiger partial charge in [0.25, 0.3) is 0 Å². The molecule has 2 aromatic carbocycles. The van der Waals surface area contributed by atoms with Gasteiger partial charge in [-0.15, -0.1) is 0 Å². The van der Waals surface area contributed by atoms with Crippen LogP contribution >= 0.6 is 0 Å². The number of hydrogen-bond donors (Lipinski definition) is 2. The molecule has 6 nitrogen and oxygen atoms in total. The van der Waals surface area contributed by atoms with Gasteiger partial charge in [0.05, 0.1) is 12.1 Å². The lowest BCUT2D eigenvalue weighted by Gasteiger charge is -2.31. The van der Waals surface area contributed by atoms with E-state index in [1.165, 1.54) is 6.07 Å². The molecule has 0 aliphatic carbocycles. The van der Waals surface area contributed by atoms with Gasteiger partial charge in [-0.2, -0.15) is 0 Å². The Hall–Kier alpha value is -2.96. The van der Waals surface area contributed by atoms with Crippen LogP contribution in [-0.2, 0) is 0 Å². The molecule has 0 spiro atoms. The SMILES string of the molecule is Oc1ccccc1C1CC(c2ccccc2F)n2nnnc2N1. The molecule has 0 radical (unpaired) electrons. The van der Waals surface area contributed by atoms with Crippen LogP contribution in [0.4, 0.5) is 10.3 Å². The summed E-state index contributed by atoms with van der Waals surface area (Å²) in [5.41, 5.74) is 1.27. The Morgan fingerprint density at radius 2 is 1.83 bits per heavy atom. The van der Waals surface area contributed by atoms with Gasteiger partial charge in [-0.3, -0.25) is 0 Å². The molecular formula is C16H14FN5O. The molecule has 0 saturated carbocycles. The van der Waals surface area contributed by atoms with Crippen LogP contribution in [0.5, 0.6) is 5.75 Å². The second-order valence-electron chi connectivity index (χ2n) is 5.48. The van der Waals surface area contributed by atoms with E-state index in [2.05, 4.69) is 20.8 Å². The molecule has 1 aliphatic heterocycles. The Balaban J connectivity index is 1.79. The summed E-state index contributed by atoms with van der Waals surface area (Å²) in [6.45, 7) is 0. The molecule has 7 heteroatoms. The first kappa shape index (κ1) is 13.7. The first-order valence-corrected chi connectivity index (χ1v) is 7.31. The molecule has 1 aliphatic rings. The molecule has 116 valence electrons. The van der Waals surface area contributed by atoms with Gasteiger partial charge < -0.3 is 10.4 Å². The Kier molecular flexibility index (Phi) is 3.18. The van der Waals surface area contributed by atoms with E-state index >= 15 is 0 Å². The Bertz CT molecular complexity index is 850. The number of phenolic OH excluding ortho intramolecular Hbond substituents is 1. The summed E-state index contributed by atoms with van der Waals surface area (Å²) in [7, 11) is 0. The monoisotopic (exact) mass is 311 g/mol. The Morgan fingerprint density at radius 3 is 2.61 bits per heavy atom. The van der Waals surface area contributed by atoms with Crippen LogP contribution < -0.4 is 5.32 Å². The van der Waals surface area contributed by atoms with E-state index in [1.807, 2.05) is 12.1 Å². The lowest BCUT2D eigenvalue weighted by Crippen LogP contribution is -2.28. The second-order valence-corrected chi connectivity index (χ2v) is 5.48. The molecule has 0 bridgehead atoms. The predicted molar refractivity (Wildman–Crippen MR) is 81.4 cm³/mol. The van der Waals surface area contributed by atoms with E-state index in [-0.39, 0.29) is 23.7 Å². The maximum atomic E-state index is 14.2. The van der Waals surface area contributed by atoms with Crippen molar-refractivity contribution < 1.29 is 9.50 Å². The van der Waals surface area contributed by atoms with E-state index in [4.69, 9.17) is 0 Å². The van der Waals surface area contributed by atoms with Crippen molar-refractivity contribution in [2.24, 2.45) is 0 Å². The maximum Gasteiger partial charge on any atom is 0.244 e. The first-order valence-electron chi connectivity index (χ1n) is 7.31. The molecule has 2 N–H and O–H groups in total. The predicted octanol–water partition coefficient (Wildman–Crippen LogP) is 2.66. The lowest BCUT2D eigenvalue weighted by atomic mass is 9.92. The number of fused-ring (bicyclic) bond motifs is 1. The fraction of sp³-hybridized carbons (Fsp3) is 0.188. The highest BCUT2D eigenvalue weighted by atomic mass is 19.1. The van der Waals surface area contributed by atoms with Crippen LogP contribution in [0.25, 0.3) is 0 Å². The minimum Gasteiger partial charge on any atom is -0.508 e. The van der Waals surface area contributed by atoms with Crippen molar-refractivity contribution in [3.05, 3.63) is 65.5 Å². The summed E-state index contributed by atoms with van der Waals surface area (Å²) in [5, 5.41) is 24.9. The van der Waals surface area contributed by atoms with Gasteiger partial charge in [-0.05, 0) is 29.0 Å². The molecule has 0 saturated heterocycles. The fourth-order valence-corrected chi connectivity index (χ4v) is 3.03. The zero-order valence-electron chi connectivity index (χ0n) is 12.1. The molecule has 1 aromatic heterocycles. The average molecular weight is 311 g/mol. The number of aromatic nitrogens is 4. The highest BCUT2D eigenvalue weighted by Crippen LogP contribution is 2.39.